The quantitative estimate of drug-likeness (QED) is 0.680. The van der Waals surface area contributed by atoms with Gasteiger partial charge >= 0.3 is 6.03 Å². The average molecular weight is 350 g/mol. The largest absolute Gasteiger partial charge is 0.336 e. The predicted molar refractivity (Wildman–Crippen MR) is 92.1 cm³/mol. The molecule has 0 spiro atoms. The van der Waals surface area contributed by atoms with Gasteiger partial charge in [0, 0.05) is 23.4 Å². The minimum atomic E-state index is -0.379. The lowest BCUT2D eigenvalue weighted by atomic mass is 10.2. The Labute approximate surface area is 142 Å². The number of urea groups is 1. The second-order valence-corrected chi connectivity index (χ2v) is 8.05. The van der Waals surface area contributed by atoms with Gasteiger partial charge in [0.15, 0.2) is 0 Å². The van der Waals surface area contributed by atoms with Gasteiger partial charge in [0.1, 0.15) is 15.7 Å². The highest BCUT2D eigenvalue weighted by Crippen LogP contribution is 2.36. The van der Waals surface area contributed by atoms with E-state index < -0.39 is 0 Å². The number of hydrogen-bond donors (Lipinski definition) is 1. The fourth-order valence-electron chi connectivity index (χ4n) is 2.52. The van der Waals surface area contributed by atoms with Gasteiger partial charge in [-0.3, -0.25) is 9.69 Å². The zero-order valence-electron chi connectivity index (χ0n) is 13.5. The first kappa shape index (κ1) is 16.2. The zero-order chi connectivity index (χ0) is 16.7. The van der Waals surface area contributed by atoms with Gasteiger partial charge in [0.25, 0.3) is 0 Å². The molecule has 0 saturated carbocycles. The summed E-state index contributed by atoms with van der Waals surface area (Å²) in [7, 11) is 0. The monoisotopic (exact) mass is 350 g/mol. The van der Waals surface area contributed by atoms with Crippen molar-refractivity contribution in [1.29, 1.82) is 0 Å². The summed E-state index contributed by atoms with van der Waals surface area (Å²) in [6, 6.07) is -0.311. The summed E-state index contributed by atoms with van der Waals surface area (Å²) in [5.41, 5.74) is 1.16. The first-order valence-electron chi connectivity index (χ1n) is 7.38. The highest BCUT2D eigenvalue weighted by molar-refractivity contribution is 8.00. The van der Waals surface area contributed by atoms with Crippen molar-refractivity contribution in [2.45, 2.75) is 38.0 Å². The van der Waals surface area contributed by atoms with E-state index in [1.54, 1.807) is 11.3 Å². The molecular weight excluding hydrogens is 332 g/mol. The number of thiophene rings is 1. The number of carbonyl (C=O) groups excluding carboxylic acids is 2. The molecule has 0 aromatic carbocycles. The molecule has 1 atom stereocenters. The third-order valence-corrected chi connectivity index (χ3v) is 6.04. The number of fused-ring (bicyclic) bond motifs is 1. The van der Waals surface area contributed by atoms with Crippen LogP contribution in [0.4, 0.5) is 4.79 Å². The Morgan fingerprint density at radius 3 is 2.74 bits per heavy atom. The topological polar surface area (TPSA) is 75.2 Å². The minimum Gasteiger partial charge on any atom is -0.336 e. The molecule has 1 aliphatic rings. The number of nitrogens with one attached hydrogen (secondary N) is 1. The van der Waals surface area contributed by atoms with Gasteiger partial charge in [-0.15, -0.1) is 11.3 Å². The van der Waals surface area contributed by atoms with Crippen molar-refractivity contribution in [3.63, 3.8) is 0 Å². The SMILES string of the molecule is Cc1nc(SC(C)C(=O)N2CCNC2=O)c2c(C)c(C)sc2n1. The Bertz CT molecular complexity index is 802. The Morgan fingerprint density at radius 2 is 2.09 bits per heavy atom. The molecule has 122 valence electrons. The number of aromatic nitrogens is 2. The van der Waals surface area contributed by atoms with Crippen molar-refractivity contribution in [2.24, 2.45) is 0 Å². The zero-order valence-corrected chi connectivity index (χ0v) is 15.1. The Morgan fingerprint density at radius 1 is 1.35 bits per heavy atom. The summed E-state index contributed by atoms with van der Waals surface area (Å²) in [6.07, 6.45) is 0. The first-order valence-corrected chi connectivity index (χ1v) is 9.08. The van der Waals surface area contributed by atoms with E-state index in [-0.39, 0.29) is 17.2 Å². The molecule has 0 bridgehead atoms. The summed E-state index contributed by atoms with van der Waals surface area (Å²) in [5.74, 6) is 0.513. The van der Waals surface area contributed by atoms with Crippen molar-refractivity contribution >= 4 is 45.3 Å². The number of carbonyl (C=O) groups is 2. The molecule has 6 nitrogen and oxygen atoms in total. The summed E-state index contributed by atoms with van der Waals surface area (Å²) in [6.45, 7) is 8.73. The van der Waals surface area contributed by atoms with Crippen LogP contribution in [0, 0.1) is 20.8 Å². The van der Waals surface area contributed by atoms with Crippen LogP contribution in [0.5, 0.6) is 0 Å². The van der Waals surface area contributed by atoms with Gasteiger partial charge in [-0.2, -0.15) is 0 Å². The number of rotatable bonds is 3. The number of aryl methyl sites for hydroxylation is 3. The number of imide groups is 1. The van der Waals surface area contributed by atoms with E-state index >= 15 is 0 Å². The number of amides is 3. The van der Waals surface area contributed by atoms with Crippen LogP contribution in [0.2, 0.25) is 0 Å². The van der Waals surface area contributed by atoms with Crippen LogP contribution in [0.1, 0.15) is 23.2 Å². The molecule has 0 radical (unpaired) electrons. The molecular formula is C15H18N4O2S2. The first-order chi connectivity index (χ1) is 10.9. The lowest BCUT2D eigenvalue weighted by Crippen LogP contribution is -2.38. The van der Waals surface area contributed by atoms with Gasteiger partial charge in [-0.05, 0) is 33.3 Å². The lowest BCUT2D eigenvalue weighted by Gasteiger charge is -2.17. The summed E-state index contributed by atoms with van der Waals surface area (Å²) in [4.78, 5) is 36.6. The van der Waals surface area contributed by atoms with Crippen LogP contribution in [0.15, 0.2) is 5.03 Å². The fraction of sp³-hybridized carbons (Fsp3) is 0.467. The van der Waals surface area contributed by atoms with Crippen molar-refractivity contribution in [3.8, 4) is 0 Å². The highest BCUT2D eigenvalue weighted by atomic mass is 32.2. The molecule has 3 heterocycles. The van der Waals surface area contributed by atoms with E-state index in [0.717, 1.165) is 20.8 Å². The predicted octanol–water partition coefficient (Wildman–Crippen LogP) is 2.65. The molecule has 2 aromatic rings. The number of thioether (sulfide) groups is 1. The number of hydrogen-bond acceptors (Lipinski definition) is 6. The van der Waals surface area contributed by atoms with Gasteiger partial charge < -0.3 is 5.32 Å². The maximum atomic E-state index is 12.5. The molecule has 1 saturated heterocycles. The summed E-state index contributed by atoms with van der Waals surface area (Å²) < 4.78 is 0. The minimum absolute atomic E-state index is 0.181. The highest BCUT2D eigenvalue weighted by Gasteiger charge is 2.31. The van der Waals surface area contributed by atoms with E-state index in [9.17, 15) is 9.59 Å². The number of nitrogens with zero attached hydrogens (tertiary/aromatic N) is 3. The van der Waals surface area contributed by atoms with Crippen LogP contribution in [0.25, 0.3) is 10.2 Å². The summed E-state index contributed by atoms with van der Waals surface area (Å²) >= 11 is 3.04. The third-order valence-electron chi connectivity index (χ3n) is 3.87. The van der Waals surface area contributed by atoms with Crippen LogP contribution in [-0.4, -0.2) is 45.1 Å². The molecule has 8 heteroatoms. The van der Waals surface area contributed by atoms with Crippen molar-refractivity contribution in [1.82, 2.24) is 20.2 Å². The van der Waals surface area contributed by atoms with Gasteiger partial charge in [-0.25, -0.2) is 14.8 Å². The Hall–Kier alpha value is -1.67. The smallest absolute Gasteiger partial charge is 0.324 e. The van der Waals surface area contributed by atoms with Crippen LogP contribution in [-0.2, 0) is 4.79 Å². The van der Waals surface area contributed by atoms with E-state index in [0.29, 0.717) is 18.9 Å². The van der Waals surface area contributed by atoms with E-state index in [4.69, 9.17) is 0 Å². The molecule has 0 aliphatic carbocycles. The van der Waals surface area contributed by atoms with E-state index in [1.165, 1.54) is 21.5 Å². The van der Waals surface area contributed by atoms with E-state index in [2.05, 4.69) is 29.1 Å². The molecule has 3 amide bonds. The third kappa shape index (κ3) is 2.92. The molecule has 3 rings (SSSR count). The maximum Gasteiger partial charge on any atom is 0.324 e. The van der Waals surface area contributed by atoms with Gasteiger partial charge in [0.05, 0.1) is 5.25 Å². The maximum absolute atomic E-state index is 12.5. The molecule has 1 N–H and O–H groups in total. The molecule has 1 fully saturated rings. The Balaban J connectivity index is 1.91. The second kappa shape index (κ2) is 6.09. The van der Waals surface area contributed by atoms with Crippen LogP contribution < -0.4 is 5.32 Å². The Kier molecular flexibility index (Phi) is 4.29. The van der Waals surface area contributed by atoms with Gasteiger partial charge in [0.2, 0.25) is 5.91 Å². The van der Waals surface area contributed by atoms with Crippen molar-refractivity contribution < 1.29 is 9.59 Å². The lowest BCUT2D eigenvalue weighted by molar-refractivity contribution is -0.126. The standard InChI is InChI=1S/C15H18N4O2S2/c1-7-8(2)22-12-11(7)13(18-10(4)17-12)23-9(3)14(20)19-6-5-16-15(19)21/h9H,5-6H2,1-4H3,(H,16,21). The molecule has 1 unspecified atom stereocenters. The normalized spacial score (nSPS) is 16.0. The van der Waals surface area contributed by atoms with Crippen molar-refractivity contribution in [2.75, 3.05) is 13.1 Å². The van der Waals surface area contributed by atoms with Gasteiger partial charge in [-0.1, -0.05) is 11.8 Å². The molecule has 2 aromatic heterocycles. The van der Waals surface area contributed by atoms with Crippen LogP contribution >= 0.6 is 23.1 Å². The van der Waals surface area contributed by atoms with E-state index in [1.807, 2.05) is 13.8 Å². The molecule has 23 heavy (non-hydrogen) atoms. The van der Waals surface area contributed by atoms with Crippen molar-refractivity contribution in [3.05, 3.63) is 16.3 Å². The van der Waals surface area contributed by atoms with Crippen LogP contribution in [0.3, 0.4) is 0 Å². The fourth-order valence-corrected chi connectivity index (χ4v) is 4.77. The second-order valence-electron chi connectivity index (χ2n) is 5.52. The summed E-state index contributed by atoms with van der Waals surface area (Å²) in [5, 5.41) is 4.11. The molecule has 1 aliphatic heterocycles. The average Bonchev–Trinajstić information content (AvgIpc) is 3.02.